The molecule has 0 unspecified atom stereocenters. The summed E-state index contributed by atoms with van der Waals surface area (Å²) in [4.78, 5) is 20.2. The van der Waals surface area contributed by atoms with Gasteiger partial charge >= 0.3 is 6.03 Å². The van der Waals surface area contributed by atoms with Crippen LogP contribution in [0.15, 0.2) is 37.1 Å². The molecule has 2 aromatic heterocycles. The van der Waals surface area contributed by atoms with E-state index in [1.54, 1.807) is 18.6 Å². The third-order valence-electron chi connectivity index (χ3n) is 2.93. The summed E-state index contributed by atoms with van der Waals surface area (Å²) in [5.41, 5.74) is 1.85. The molecule has 0 spiro atoms. The third kappa shape index (κ3) is 3.91. The Hall–Kier alpha value is -2.17. The Balaban J connectivity index is 1.97. The number of carbonyl (C=O) groups excluding carboxylic acids is 1. The molecule has 0 aliphatic carbocycles. The van der Waals surface area contributed by atoms with E-state index in [1.807, 2.05) is 12.1 Å². The second-order valence-corrected chi connectivity index (χ2v) is 5.95. The van der Waals surface area contributed by atoms with Crippen LogP contribution >= 0.6 is 0 Å². The molecule has 0 radical (unpaired) electrons. The molecule has 0 aromatic carbocycles. The van der Waals surface area contributed by atoms with Gasteiger partial charge in [0.25, 0.3) is 0 Å². The van der Waals surface area contributed by atoms with E-state index in [0.29, 0.717) is 6.54 Å². The first-order valence-electron chi connectivity index (χ1n) is 6.68. The molecular formula is C15H20N4O. The molecule has 0 bridgehead atoms. The zero-order valence-corrected chi connectivity index (χ0v) is 12.1. The van der Waals surface area contributed by atoms with Gasteiger partial charge in [-0.15, -0.1) is 0 Å². The molecule has 2 heterocycles. The van der Waals surface area contributed by atoms with Crippen molar-refractivity contribution in [1.82, 2.24) is 19.9 Å². The molecular weight excluding hydrogens is 252 g/mol. The summed E-state index contributed by atoms with van der Waals surface area (Å²) in [6, 6.07) is 3.60. The van der Waals surface area contributed by atoms with Crippen LogP contribution in [0.25, 0.3) is 11.3 Å². The van der Waals surface area contributed by atoms with Crippen molar-refractivity contribution < 1.29 is 4.79 Å². The van der Waals surface area contributed by atoms with Gasteiger partial charge in [0.1, 0.15) is 6.33 Å². The second-order valence-electron chi connectivity index (χ2n) is 5.95. The fourth-order valence-electron chi connectivity index (χ4n) is 1.73. The summed E-state index contributed by atoms with van der Waals surface area (Å²) in [5.74, 6) is 0. The summed E-state index contributed by atoms with van der Waals surface area (Å²) in [6.45, 7) is 7.10. The van der Waals surface area contributed by atoms with E-state index in [-0.39, 0.29) is 11.4 Å². The third-order valence-corrected chi connectivity index (χ3v) is 2.93. The highest BCUT2D eigenvalue weighted by atomic mass is 16.2. The van der Waals surface area contributed by atoms with Crippen LogP contribution in [0.1, 0.15) is 27.2 Å². The van der Waals surface area contributed by atoms with Gasteiger partial charge < -0.3 is 5.32 Å². The summed E-state index contributed by atoms with van der Waals surface area (Å²) in [6.07, 6.45) is 7.60. The molecule has 20 heavy (non-hydrogen) atoms. The smallest absolute Gasteiger partial charge is 0.326 e. The highest BCUT2D eigenvalue weighted by Crippen LogP contribution is 2.17. The number of hydrogen-bond acceptors (Lipinski definition) is 3. The topological polar surface area (TPSA) is 59.8 Å². The van der Waals surface area contributed by atoms with Crippen LogP contribution in [0, 0.1) is 5.41 Å². The van der Waals surface area contributed by atoms with Gasteiger partial charge in [-0.2, -0.15) is 0 Å². The number of pyridine rings is 1. The van der Waals surface area contributed by atoms with Gasteiger partial charge in [0.05, 0.1) is 5.69 Å². The Kier molecular flexibility index (Phi) is 4.17. The van der Waals surface area contributed by atoms with Crippen LogP contribution in [0.2, 0.25) is 0 Å². The van der Waals surface area contributed by atoms with Gasteiger partial charge in [0.15, 0.2) is 0 Å². The number of carbonyl (C=O) groups is 1. The Labute approximate surface area is 119 Å². The van der Waals surface area contributed by atoms with E-state index in [9.17, 15) is 4.79 Å². The quantitative estimate of drug-likeness (QED) is 0.934. The molecule has 106 valence electrons. The van der Waals surface area contributed by atoms with Crippen LogP contribution in [-0.2, 0) is 0 Å². The van der Waals surface area contributed by atoms with Crippen molar-refractivity contribution in [1.29, 1.82) is 0 Å². The van der Waals surface area contributed by atoms with Gasteiger partial charge in [-0.05, 0) is 24.0 Å². The number of hydrogen-bond donors (Lipinski definition) is 1. The fourth-order valence-corrected chi connectivity index (χ4v) is 1.73. The minimum atomic E-state index is -0.156. The lowest BCUT2D eigenvalue weighted by molar-refractivity contribution is 0.240. The molecule has 0 saturated heterocycles. The standard InChI is InChI=1S/C15H20N4O/c1-15(2,3)6-8-17-14(20)19-10-13(18-11-19)12-5-4-7-16-9-12/h4-5,7,9-11H,6,8H2,1-3H3,(H,17,20). The Morgan fingerprint density at radius 2 is 2.20 bits per heavy atom. The zero-order chi connectivity index (χ0) is 14.6. The van der Waals surface area contributed by atoms with Gasteiger partial charge in [0, 0.05) is 30.7 Å². The summed E-state index contributed by atoms with van der Waals surface area (Å²) in [7, 11) is 0. The van der Waals surface area contributed by atoms with Crippen LogP contribution in [0.4, 0.5) is 4.79 Å². The minimum Gasteiger partial charge on any atom is -0.337 e. The van der Waals surface area contributed by atoms with Crippen LogP contribution in [0.5, 0.6) is 0 Å². The maximum absolute atomic E-state index is 12.0. The SMILES string of the molecule is CC(C)(C)CCNC(=O)n1cnc(-c2cccnc2)c1. The molecule has 0 aliphatic heterocycles. The van der Waals surface area contributed by atoms with E-state index in [1.165, 1.54) is 10.9 Å². The van der Waals surface area contributed by atoms with Gasteiger partial charge in [-0.3, -0.25) is 9.55 Å². The van der Waals surface area contributed by atoms with E-state index >= 15 is 0 Å². The lowest BCUT2D eigenvalue weighted by Gasteiger charge is -2.17. The first-order valence-corrected chi connectivity index (χ1v) is 6.68. The van der Waals surface area contributed by atoms with Gasteiger partial charge in [-0.1, -0.05) is 20.8 Å². The zero-order valence-electron chi connectivity index (χ0n) is 12.1. The number of nitrogens with zero attached hydrogens (tertiary/aromatic N) is 3. The Bertz CT molecular complexity index is 569. The second kappa shape index (κ2) is 5.86. The van der Waals surface area contributed by atoms with Crippen molar-refractivity contribution in [2.75, 3.05) is 6.54 Å². The molecule has 0 atom stereocenters. The lowest BCUT2D eigenvalue weighted by Crippen LogP contribution is -2.30. The lowest BCUT2D eigenvalue weighted by atomic mass is 9.92. The van der Waals surface area contributed by atoms with Crippen molar-refractivity contribution in [3.63, 3.8) is 0 Å². The van der Waals surface area contributed by atoms with E-state index < -0.39 is 0 Å². The van der Waals surface area contributed by atoms with E-state index in [2.05, 4.69) is 36.1 Å². The monoisotopic (exact) mass is 272 g/mol. The average molecular weight is 272 g/mol. The predicted octanol–water partition coefficient (Wildman–Crippen LogP) is 2.94. The first-order chi connectivity index (χ1) is 9.46. The molecule has 2 aromatic rings. The molecule has 1 N–H and O–H groups in total. The number of imidazole rings is 1. The summed E-state index contributed by atoms with van der Waals surface area (Å²) >= 11 is 0. The van der Waals surface area contributed by atoms with E-state index in [4.69, 9.17) is 0 Å². The minimum absolute atomic E-state index is 0.156. The van der Waals surface area contributed by atoms with Crippen molar-refractivity contribution >= 4 is 6.03 Å². The van der Waals surface area contributed by atoms with Gasteiger partial charge in [0.2, 0.25) is 0 Å². The number of amides is 1. The highest BCUT2D eigenvalue weighted by Gasteiger charge is 2.12. The van der Waals surface area contributed by atoms with Crippen LogP contribution in [-0.4, -0.2) is 27.1 Å². The Morgan fingerprint density at radius 1 is 1.40 bits per heavy atom. The van der Waals surface area contributed by atoms with Crippen molar-refractivity contribution in [3.8, 4) is 11.3 Å². The normalized spacial score (nSPS) is 11.3. The molecule has 0 aliphatic rings. The van der Waals surface area contributed by atoms with Crippen molar-refractivity contribution in [2.45, 2.75) is 27.2 Å². The van der Waals surface area contributed by atoms with Crippen LogP contribution < -0.4 is 5.32 Å². The van der Waals surface area contributed by atoms with Crippen molar-refractivity contribution in [2.24, 2.45) is 5.41 Å². The molecule has 5 heteroatoms. The first kappa shape index (κ1) is 14.2. The fraction of sp³-hybridized carbons (Fsp3) is 0.400. The average Bonchev–Trinajstić information content (AvgIpc) is 2.88. The predicted molar refractivity (Wildman–Crippen MR) is 78.3 cm³/mol. The van der Waals surface area contributed by atoms with Crippen LogP contribution in [0.3, 0.4) is 0 Å². The van der Waals surface area contributed by atoms with E-state index in [0.717, 1.165) is 17.7 Å². The molecule has 2 rings (SSSR count). The highest BCUT2D eigenvalue weighted by molar-refractivity contribution is 5.77. The number of aromatic nitrogens is 3. The number of rotatable bonds is 3. The number of nitrogens with one attached hydrogen (secondary N) is 1. The maximum atomic E-state index is 12.0. The largest absolute Gasteiger partial charge is 0.337 e. The maximum Gasteiger partial charge on any atom is 0.326 e. The summed E-state index contributed by atoms with van der Waals surface area (Å²) < 4.78 is 1.46. The molecule has 0 fully saturated rings. The van der Waals surface area contributed by atoms with Crippen molar-refractivity contribution in [3.05, 3.63) is 37.1 Å². The molecule has 5 nitrogen and oxygen atoms in total. The summed E-state index contributed by atoms with van der Waals surface area (Å²) in [5, 5.41) is 2.89. The Morgan fingerprint density at radius 3 is 2.85 bits per heavy atom. The molecule has 0 saturated carbocycles. The van der Waals surface area contributed by atoms with Gasteiger partial charge in [-0.25, -0.2) is 9.78 Å². The molecule has 1 amide bonds.